The van der Waals surface area contributed by atoms with Crippen LogP contribution in [0.15, 0.2) is 42.5 Å². The lowest BCUT2D eigenvalue weighted by molar-refractivity contribution is 0.405. The van der Waals surface area contributed by atoms with E-state index in [-0.39, 0.29) is 5.92 Å². The van der Waals surface area contributed by atoms with E-state index in [1.165, 1.54) is 22.3 Å². The molecule has 0 spiro atoms. The summed E-state index contributed by atoms with van der Waals surface area (Å²) in [6.07, 6.45) is 0.944. The van der Waals surface area contributed by atoms with E-state index >= 15 is 0 Å². The summed E-state index contributed by atoms with van der Waals surface area (Å²) in [7, 11) is 1.71. The van der Waals surface area contributed by atoms with Crippen LogP contribution in [-0.2, 0) is 6.42 Å². The van der Waals surface area contributed by atoms with Crippen LogP contribution < -0.4 is 10.5 Å². The number of para-hydroxylation sites is 1. The molecule has 0 aliphatic heterocycles. The highest BCUT2D eigenvalue weighted by Crippen LogP contribution is 2.29. The van der Waals surface area contributed by atoms with Crippen LogP contribution in [0.1, 0.15) is 28.2 Å². The van der Waals surface area contributed by atoms with Gasteiger partial charge in [-0.15, -0.1) is 0 Å². The average Bonchev–Trinajstić information content (AvgIpc) is 2.43. The number of benzene rings is 2. The van der Waals surface area contributed by atoms with Gasteiger partial charge in [0.25, 0.3) is 0 Å². The normalized spacial score (nSPS) is 12.2. The van der Waals surface area contributed by atoms with Gasteiger partial charge in [-0.3, -0.25) is 0 Å². The Hall–Kier alpha value is -1.80. The molecule has 0 radical (unpaired) electrons. The molecule has 106 valence electrons. The topological polar surface area (TPSA) is 35.2 Å². The molecular weight excluding hydrogens is 246 g/mol. The monoisotopic (exact) mass is 269 g/mol. The fraction of sp³-hybridized carbons (Fsp3) is 0.333. The zero-order valence-corrected chi connectivity index (χ0v) is 12.5. The molecule has 0 aliphatic rings. The van der Waals surface area contributed by atoms with E-state index in [0.717, 1.165) is 12.2 Å². The maximum atomic E-state index is 6.00. The van der Waals surface area contributed by atoms with Crippen molar-refractivity contribution in [3.8, 4) is 5.75 Å². The van der Waals surface area contributed by atoms with Gasteiger partial charge in [0.2, 0.25) is 0 Å². The van der Waals surface area contributed by atoms with Crippen molar-refractivity contribution in [3.05, 3.63) is 64.7 Å². The summed E-state index contributed by atoms with van der Waals surface area (Å²) in [5.41, 5.74) is 11.1. The fourth-order valence-corrected chi connectivity index (χ4v) is 2.80. The Balaban J connectivity index is 2.28. The second-order valence-electron chi connectivity index (χ2n) is 5.37. The lowest BCUT2D eigenvalue weighted by Crippen LogP contribution is -2.16. The van der Waals surface area contributed by atoms with Crippen LogP contribution in [0.25, 0.3) is 0 Å². The largest absolute Gasteiger partial charge is 0.496 e. The summed E-state index contributed by atoms with van der Waals surface area (Å²) >= 11 is 0. The summed E-state index contributed by atoms with van der Waals surface area (Å²) in [6.45, 7) is 4.89. The Kier molecular flexibility index (Phi) is 4.80. The third-order valence-electron chi connectivity index (χ3n) is 3.63. The van der Waals surface area contributed by atoms with E-state index in [4.69, 9.17) is 10.5 Å². The first-order valence-electron chi connectivity index (χ1n) is 7.04. The van der Waals surface area contributed by atoms with Crippen LogP contribution in [0, 0.1) is 13.8 Å². The highest BCUT2D eigenvalue weighted by Gasteiger charge is 2.15. The van der Waals surface area contributed by atoms with Gasteiger partial charge in [-0.1, -0.05) is 47.5 Å². The number of nitrogens with two attached hydrogens (primary N) is 1. The summed E-state index contributed by atoms with van der Waals surface area (Å²) in [5.74, 6) is 1.21. The van der Waals surface area contributed by atoms with E-state index in [2.05, 4.69) is 38.1 Å². The molecule has 2 rings (SSSR count). The first kappa shape index (κ1) is 14.6. The Morgan fingerprint density at radius 1 is 1.05 bits per heavy atom. The quantitative estimate of drug-likeness (QED) is 0.900. The van der Waals surface area contributed by atoms with E-state index in [9.17, 15) is 0 Å². The van der Waals surface area contributed by atoms with Crippen molar-refractivity contribution in [3.63, 3.8) is 0 Å². The van der Waals surface area contributed by atoms with Gasteiger partial charge in [0.1, 0.15) is 5.75 Å². The smallest absolute Gasteiger partial charge is 0.122 e. The van der Waals surface area contributed by atoms with E-state index < -0.39 is 0 Å². The predicted octanol–water partition coefficient (Wildman–Crippen LogP) is 3.60. The van der Waals surface area contributed by atoms with E-state index in [0.29, 0.717) is 6.54 Å². The molecule has 0 bridgehead atoms. The summed E-state index contributed by atoms with van der Waals surface area (Å²) in [6, 6.07) is 14.8. The minimum Gasteiger partial charge on any atom is -0.496 e. The van der Waals surface area contributed by atoms with Gasteiger partial charge in [-0.25, -0.2) is 0 Å². The first-order chi connectivity index (χ1) is 9.63. The van der Waals surface area contributed by atoms with Crippen molar-refractivity contribution in [2.75, 3.05) is 13.7 Å². The number of methoxy groups -OCH3 is 1. The highest BCUT2D eigenvalue weighted by molar-refractivity contribution is 5.38. The highest BCUT2D eigenvalue weighted by atomic mass is 16.5. The Morgan fingerprint density at radius 2 is 1.70 bits per heavy atom. The van der Waals surface area contributed by atoms with Gasteiger partial charge >= 0.3 is 0 Å². The zero-order valence-electron chi connectivity index (χ0n) is 12.5. The van der Waals surface area contributed by atoms with Gasteiger partial charge in [0.15, 0.2) is 0 Å². The maximum Gasteiger partial charge on any atom is 0.122 e. The second kappa shape index (κ2) is 6.58. The second-order valence-corrected chi connectivity index (χ2v) is 5.37. The number of hydrogen-bond donors (Lipinski definition) is 1. The Morgan fingerprint density at radius 3 is 2.30 bits per heavy atom. The molecule has 2 heteroatoms. The number of aryl methyl sites for hydroxylation is 2. The van der Waals surface area contributed by atoms with Crippen LogP contribution in [0.2, 0.25) is 0 Å². The van der Waals surface area contributed by atoms with Gasteiger partial charge < -0.3 is 10.5 Å². The van der Waals surface area contributed by atoms with E-state index in [1.807, 2.05) is 18.2 Å². The number of hydrogen-bond acceptors (Lipinski definition) is 2. The van der Waals surface area contributed by atoms with Crippen molar-refractivity contribution in [2.45, 2.75) is 26.2 Å². The van der Waals surface area contributed by atoms with Crippen molar-refractivity contribution < 1.29 is 4.74 Å². The van der Waals surface area contributed by atoms with Gasteiger partial charge in [-0.2, -0.15) is 0 Å². The number of rotatable bonds is 5. The van der Waals surface area contributed by atoms with Crippen molar-refractivity contribution >= 4 is 0 Å². The molecule has 0 amide bonds. The van der Waals surface area contributed by atoms with Crippen LogP contribution in [0.5, 0.6) is 5.75 Å². The minimum atomic E-state index is 0.285. The van der Waals surface area contributed by atoms with Crippen molar-refractivity contribution in [1.82, 2.24) is 0 Å². The Bertz CT molecular complexity index is 557. The molecule has 2 nitrogen and oxygen atoms in total. The van der Waals surface area contributed by atoms with Crippen LogP contribution >= 0.6 is 0 Å². The first-order valence-corrected chi connectivity index (χ1v) is 7.04. The third-order valence-corrected chi connectivity index (χ3v) is 3.63. The molecule has 20 heavy (non-hydrogen) atoms. The van der Waals surface area contributed by atoms with Gasteiger partial charge in [0, 0.05) is 5.92 Å². The molecule has 0 fully saturated rings. The molecule has 0 saturated heterocycles. The average molecular weight is 269 g/mol. The van der Waals surface area contributed by atoms with Crippen LogP contribution in [0.4, 0.5) is 0 Å². The van der Waals surface area contributed by atoms with Gasteiger partial charge in [-0.05, 0) is 44.0 Å². The molecule has 0 saturated carbocycles. The maximum absolute atomic E-state index is 6.00. The molecule has 1 unspecified atom stereocenters. The summed E-state index contributed by atoms with van der Waals surface area (Å²) in [4.78, 5) is 0. The number of ether oxygens (including phenoxy) is 1. The fourth-order valence-electron chi connectivity index (χ4n) is 2.80. The molecule has 2 aromatic rings. The third kappa shape index (κ3) is 3.40. The molecule has 0 aliphatic carbocycles. The minimum absolute atomic E-state index is 0.285. The van der Waals surface area contributed by atoms with Crippen molar-refractivity contribution in [1.29, 1.82) is 0 Å². The predicted molar refractivity (Wildman–Crippen MR) is 84.4 cm³/mol. The van der Waals surface area contributed by atoms with Crippen LogP contribution in [-0.4, -0.2) is 13.7 Å². The standard InChI is InChI=1S/C18H23NO/c1-13-8-14(2)10-15(9-13)11-16(12-19)17-6-4-5-7-18(17)20-3/h4-10,16H,11-12,19H2,1-3H3. The SMILES string of the molecule is COc1ccccc1C(CN)Cc1cc(C)cc(C)c1. The Labute approximate surface area is 121 Å². The van der Waals surface area contributed by atoms with Crippen LogP contribution in [0.3, 0.4) is 0 Å². The lowest BCUT2D eigenvalue weighted by atomic mass is 9.90. The van der Waals surface area contributed by atoms with Crippen molar-refractivity contribution in [2.24, 2.45) is 5.73 Å². The molecule has 1 atom stereocenters. The lowest BCUT2D eigenvalue weighted by Gasteiger charge is -2.19. The summed E-state index contributed by atoms with van der Waals surface area (Å²) < 4.78 is 5.46. The molecule has 0 heterocycles. The van der Waals surface area contributed by atoms with E-state index in [1.54, 1.807) is 7.11 Å². The molecule has 2 N–H and O–H groups in total. The molecular formula is C18H23NO. The zero-order chi connectivity index (χ0) is 14.5. The molecule has 2 aromatic carbocycles. The summed E-state index contributed by atoms with van der Waals surface area (Å²) in [5, 5.41) is 0. The molecule has 0 aromatic heterocycles. The van der Waals surface area contributed by atoms with Gasteiger partial charge in [0.05, 0.1) is 7.11 Å².